The van der Waals surface area contributed by atoms with Gasteiger partial charge in [0.15, 0.2) is 0 Å². The summed E-state index contributed by atoms with van der Waals surface area (Å²) in [6, 6.07) is 6.30. The molecule has 20 heavy (non-hydrogen) atoms. The minimum absolute atomic E-state index is 0.0948. The van der Waals surface area contributed by atoms with Gasteiger partial charge in [0.1, 0.15) is 5.01 Å². The molecule has 0 amide bonds. The highest BCUT2D eigenvalue weighted by atomic mass is 32.1. The molecule has 1 atom stereocenters. The van der Waals surface area contributed by atoms with Crippen LogP contribution in [0.15, 0.2) is 29.6 Å². The van der Waals surface area contributed by atoms with E-state index in [9.17, 15) is 10.1 Å². The standard InChI is InChI=1S/C12H13N3O2S.C2H6/c1-8-7-18-12(14-8)11(13)6-9-2-4-10(5-3-9)15(16)17;1-2/h2-5,7,11H,6,13H2,1H3;1-2H3/t11-;/m0./s1. The zero-order valence-electron chi connectivity index (χ0n) is 11.9. The lowest BCUT2D eigenvalue weighted by Crippen LogP contribution is -2.13. The van der Waals surface area contributed by atoms with Gasteiger partial charge in [-0.15, -0.1) is 11.3 Å². The van der Waals surface area contributed by atoms with Crippen LogP contribution in [0.2, 0.25) is 0 Å². The van der Waals surface area contributed by atoms with Crippen molar-refractivity contribution in [2.75, 3.05) is 0 Å². The predicted octanol–water partition coefficient (Wildman–Crippen LogP) is 3.63. The number of benzene rings is 1. The van der Waals surface area contributed by atoms with Gasteiger partial charge >= 0.3 is 0 Å². The fourth-order valence-corrected chi connectivity index (χ4v) is 2.44. The average Bonchev–Trinajstić information content (AvgIpc) is 2.88. The summed E-state index contributed by atoms with van der Waals surface area (Å²) in [5.41, 5.74) is 8.09. The van der Waals surface area contributed by atoms with Crippen LogP contribution >= 0.6 is 11.3 Å². The van der Waals surface area contributed by atoms with Crippen molar-refractivity contribution >= 4 is 17.0 Å². The lowest BCUT2D eigenvalue weighted by molar-refractivity contribution is -0.384. The molecule has 2 N–H and O–H groups in total. The first kappa shape index (κ1) is 16.3. The SMILES string of the molecule is CC.Cc1csc([C@@H](N)Cc2ccc([N+](=O)[O-])cc2)n1. The molecule has 1 aromatic heterocycles. The third kappa shape index (κ3) is 4.40. The van der Waals surface area contributed by atoms with Gasteiger partial charge in [-0.25, -0.2) is 4.98 Å². The number of nitrogens with zero attached hydrogens (tertiary/aromatic N) is 2. The summed E-state index contributed by atoms with van der Waals surface area (Å²) in [5.74, 6) is 0. The number of thiazole rings is 1. The summed E-state index contributed by atoms with van der Waals surface area (Å²) in [5, 5.41) is 13.4. The van der Waals surface area contributed by atoms with Gasteiger partial charge in [0.05, 0.1) is 11.0 Å². The van der Waals surface area contributed by atoms with Crippen LogP contribution in [0, 0.1) is 17.0 Å². The molecule has 1 aromatic carbocycles. The molecule has 0 aliphatic carbocycles. The quantitative estimate of drug-likeness (QED) is 0.689. The van der Waals surface area contributed by atoms with E-state index in [1.807, 2.05) is 26.2 Å². The molecular weight excluding hydrogens is 274 g/mol. The van der Waals surface area contributed by atoms with E-state index in [1.165, 1.54) is 12.1 Å². The minimum atomic E-state index is -0.409. The molecule has 2 rings (SSSR count). The number of nitro groups is 1. The third-order valence-corrected chi connectivity index (χ3v) is 3.65. The Morgan fingerprint density at radius 2 is 1.95 bits per heavy atom. The molecule has 0 saturated heterocycles. The van der Waals surface area contributed by atoms with Crippen LogP contribution in [-0.2, 0) is 6.42 Å². The van der Waals surface area contributed by atoms with Gasteiger partial charge in [0.25, 0.3) is 5.69 Å². The topological polar surface area (TPSA) is 82.0 Å². The van der Waals surface area contributed by atoms with E-state index in [4.69, 9.17) is 5.73 Å². The van der Waals surface area contributed by atoms with Crippen LogP contribution in [0.3, 0.4) is 0 Å². The minimum Gasteiger partial charge on any atom is -0.322 e. The fraction of sp³-hybridized carbons (Fsp3) is 0.357. The molecule has 0 radical (unpaired) electrons. The highest BCUT2D eigenvalue weighted by Gasteiger charge is 2.12. The van der Waals surface area contributed by atoms with Gasteiger partial charge in [-0.1, -0.05) is 26.0 Å². The van der Waals surface area contributed by atoms with Gasteiger partial charge in [0, 0.05) is 23.2 Å². The number of aromatic nitrogens is 1. The van der Waals surface area contributed by atoms with Crippen molar-refractivity contribution in [1.29, 1.82) is 0 Å². The Balaban J connectivity index is 0.000000956. The van der Waals surface area contributed by atoms with E-state index in [0.29, 0.717) is 6.42 Å². The summed E-state index contributed by atoms with van der Waals surface area (Å²) < 4.78 is 0. The number of aryl methyl sites for hydroxylation is 1. The lowest BCUT2D eigenvalue weighted by Gasteiger charge is -2.08. The second-order valence-electron chi connectivity index (χ2n) is 4.06. The van der Waals surface area contributed by atoms with E-state index in [1.54, 1.807) is 23.5 Å². The third-order valence-electron chi connectivity index (χ3n) is 2.56. The van der Waals surface area contributed by atoms with E-state index in [-0.39, 0.29) is 11.7 Å². The second-order valence-corrected chi connectivity index (χ2v) is 4.95. The normalized spacial score (nSPS) is 11.4. The molecular formula is C14H19N3O2S. The number of non-ortho nitro benzene ring substituents is 1. The predicted molar refractivity (Wildman–Crippen MR) is 81.9 cm³/mol. The smallest absolute Gasteiger partial charge is 0.269 e. The van der Waals surface area contributed by atoms with Crippen LogP contribution in [0.25, 0.3) is 0 Å². The van der Waals surface area contributed by atoms with Crippen LogP contribution < -0.4 is 5.73 Å². The van der Waals surface area contributed by atoms with E-state index in [2.05, 4.69) is 4.98 Å². The molecule has 0 fully saturated rings. The van der Waals surface area contributed by atoms with Crippen molar-refractivity contribution in [2.24, 2.45) is 5.73 Å². The summed E-state index contributed by atoms with van der Waals surface area (Å²) in [7, 11) is 0. The van der Waals surface area contributed by atoms with E-state index < -0.39 is 4.92 Å². The Bertz CT molecular complexity index is 552. The Labute approximate surface area is 122 Å². The molecule has 0 unspecified atom stereocenters. The van der Waals surface area contributed by atoms with Gasteiger partial charge in [-0.3, -0.25) is 10.1 Å². The van der Waals surface area contributed by atoms with Crippen LogP contribution in [0.5, 0.6) is 0 Å². The van der Waals surface area contributed by atoms with Crippen molar-refractivity contribution in [3.63, 3.8) is 0 Å². The zero-order chi connectivity index (χ0) is 15.1. The maximum atomic E-state index is 10.5. The number of nitro benzene ring substituents is 1. The summed E-state index contributed by atoms with van der Waals surface area (Å²) in [4.78, 5) is 14.5. The molecule has 2 aromatic rings. The first-order valence-corrected chi connectivity index (χ1v) is 7.35. The van der Waals surface area contributed by atoms with Crippen molar-refractivity contribution in [3.05, 3.63) is 56.0 Å². The highest BCUT2D eigenvalue weighted by molar-refractivity contribution is 7.09. The van der Waals surface area contributed by atoms with E-state index in [0.717, 1.165) is 16.3 Å². The highest BCUT2D eigenvalue weighted by Crippen LogP contribution is 2.21. The lowest BCUT2D eigenvalue weighted by atomic mass is 10.1. The molecule has 0 spiro atoms. The second kappa shape index (κ2) is 7.72. The monoisotopic (exact) mass is 293 g/mol. The first-order chi connectivity index (χ1) is 9.56. The molecule has 5 nitrogen and oxygen atoms in total. The van der Waals surface area contributed by atoms with Gasteiger partial charge in [-0.05, 0) is 18.9 Å². The molecule has 0 aliphatic heterocycles. The summed E-state index contributed by atoms with van der Waals surface area (Å²) in [6.07, 6.45) is 0.630. The first-order valence-electron chi connectivity index (χ1n) is 6.47. The molecule has 1 heterocycles. The van der Waals surface area contributed by atoms with Gasteiger partial charge in [-0.2, -0.15) is 0 Å². The average molecular weight is 293 g/mol. The fourth-order valence-electron chi connectivity index (χ4n) is 1.64. The van der Waals surface area contributed by atoms with Crippen LogP contribution in [0.1, 0.15) is 36.2 Å². The Morgan fingerprint density at radius 1 is 1.35 bits per heavy atom. The van der Waals surface area contributed by atoms with E-state index >= 15 is 0 Å². The maximum Gasteiger partial charge on any atom is 0.269 e. The number of hydrogen-bond acceptors (Lipinski definition) is 5. The Morgan fingerprint density at radius 3 is 2.40 bits per heavy atom. The number of nitrogens with two attached hydrogens (primary N) is 1. The Hall–Kier alpha value is -1.79. The Kier molecular flexibility index (Phi) is 6.27. The van der Waals surface area contributed by atoms with Crippen molar-refractivity contribution in [1.82, 2.24) is 4.98 Å². The van der Waals surface area contributed by atoms with Crippen molar-refractivity contribution in [3.8, 4) is 0 Å². The largest absolute Gasteiger partial charge is 0.322 e. The molecule has 0 aliphatic rings. The maximum absolute atomic E-state index is 10.5. The summed E-state index contributed by atoms with van der Waals surface area (Å²) in [6.45, 7) is 5.93. The summed E-state index contributed by atoms with van der Waals surface area (Å²) >= 11 is 1.54. The molecule has 6 heteroatoms. The van der Waals surface area contributed by atoms with Crippen LogP contribution in [-0.4, -0.2) is 9.91 Å². The van der Waals surface area contributed by atoms with Gasteiger partial charge < -0.3 is 5.73 Å². The van der Waals surface area contributed by atoms with Crippen molar-refractivity contribution in [2.45, 2.75) is 33.2 Å². The molecule has 108 valence electrons. The van der Waals surface area contributed by atoms with Crippen LogP contribution in [0.4, 0.5) is 5.69 Å². The number of hydrogen-bond donors (Lipinski definition) is 1. The van der Waals surface area contributed by atoms with Gasteiger partial charge in [0.2, 0.25) is 0 Å². The number of rotatable bonds is 4. The zero-order valence-corrected chi connectivity index (χ0v) is 12.7. The molecule has 0 saturated carbocycles. The van der Waals surface area contributed by atoms with Crippen molar-refractivity contribution < 1.29 is 4.92 Å². The molecule has 0 bridgehead atoms.